The van der Waals surface area contributed by atoms with Crippen molar-refractivity contribution in [2.75, 3.05) is 12.1 Å². The molecule has 2 aromatic carbocycles. The Kier molecular flexibility index (Phi) is 4.49. The van der Waals surface area contributed by atoms with Gasteiger partial charge in [-0.3, -0.25) is 9.59 Å². The van der Waals surface area contributed by atoms with Gasteiger partial charge in [0.05, 0.1) is 5.69 Å². The number of aliphatic imine (C=N–C) groups is 1. The number of thioether (sulfide) groups is 1. The molecule has 0 radical (unpaired) electrons. The van der Waals surface area contributed by atoms with Crippen LogP contribution < -0.4 is 20.1 Å². The van der Waals surface area contributed by atoms with E-state index in [1.807, 2.05) is 30.3 Å². The SMILES string of the molecule is O=C1CC(C(=O)Nc2ccc3c(c2)OCO3)SC(=Nc2ccccc2)N1. The Hall–Kier alpha value is -3.00. The predicted octanol–water partition coefficient (Wildman–Crippen LogP) is 2.66. The van der Waals surface area contributed by atoms with Crippen molar-refractivity contribution in [2.45, 2.75) is 11.7 Å². The van der Waals surface area contributed by atoms with Crippen LogP contribution >= 0.6 is 11.8 Å². The number of carbonyl (C=O) groups excluding carboxylic acids is 2. The molecule has 0 aliphatic carbocycles. The number of nitrogens with one attached hydrogen (secondary N) is 2. The highest BCUT2D eigenvalue weighted by atomic mass is 32.2. The zero-order valence-electron chi connectivity index (χ0n) is 13.6. The molecule has 2 amide bonds. The Bertz CT molecular complexity index is 885. The molecular weight excluding hydrogens is 354 g/mol. The van der Waals surface area contributed by atoms with Crippen LogP contribution in [0.1, 0.15) is 6.42 Å². The van der Waals surface area contributed by atoms with Gasteiger partial charge in [-0.15, -0.1) is 0 Å². The topological polar surface area (TPSA) is 89.0 Å². The van der Waals surface area contributed by atoms with Crippen molar-refractivity contribution in [3.05, 3.63) is 48.5 Å². The second kappa shape index (κ2) is 7.09. The van der Waals surface area contributed by atoms with Crippen LogP contribution in [0.15, 0.2) is 53.5 Å². The molecule has 0 saturated carbocycles. The summed E-state index contributed by atoms with van der Waals surface area (Å²) in [5, 5.41) is 5.38. The van der Waals surface area contributed by atoms with Gasteiger partial charge in [0.15, 0.2) is 16.7 Å². The molecule has 8 heteroatoms. The van der Waals surface area contributed by atoms with Crippen molar-refractivity contribution in [3.63, 3.8) is 0 Å². The minimum absolute atomic E-state index is 0.0921. The van der Waals surface area contributed by atoms with Gasteiger partial charge in [-0.05, 0) is 24.3 Å². The van der Waals surface area contributed by atoms with E-state index in [0.29, 0.717) is 28.0 Å². The zero-order chi connectivity index (χ0) is 17.9. The third-order valence-electron chi connectivity index (χ3n) is 3.79. The van der Waals surface area contributed by atoms with E-state index in [9.17, 15) is 9.59 Å². The van der Waals surface area contributed by atoms with Gasteiger partial charge in [0.1, 0.15) is 5.25 Å². The normalized spacial score (nSPS) is 19.9. The van der Waals surface area contributed by atoms with Crippen LogP contribution in [0.25, 0.3) is 0 Å². The second-order valence-corrected chi connectivity index (χ2v) is 6.86. The molecule has 26 heavy (non-hydrogen) atoms. The summed E-state index contributed by atoms with van der Waals surface area (Å²) in [6.45, 7) is 0.171. The smallest absolute Gasteiger partial charge is 0.238 e. The lowest BCUT2D eigenvalue weighted by atomic mass is 10.2. The highest BCUT2D eigenvalue weighted by molar-refractivity contribution is 8.15. The van der Waals surface area contributed by atoms with Crippen molar-refractivity contribution in [2.24, 2.45) is 4.99 Å². The number of para-hydroxylation sites is 1. The number of ether oxygens (including phenoxy) is 2. The summed E-state index contributed by atoms with van der Waals surface area (Å²) >= 11 is 1.23. The molecule has 0 bridgehead atoms. The average Bonchev–Trinajstić information content (AvgIpc) is 3.10. The lowest BCUT2D eigenvalue weighted by Crippen LogP contribution is -2.41. The number of hydrogen-bond acceptors (Lipinski definition) is 6. The van der Waals surface area contributed by atoms with Crippen LogP contribution in [0.2, 0.25) is 0 Å². The van der Waals surface area contributed by atoms with Crippen molar-refractivity contribution in [3.8, 4) is 11.5 Å². The summed E-state index contributed by atoms with van der Waals surface area (Å²) < 4.78 is 10.6. The largest absolute Gasteiger partial charge is 0.454 e. The first-order valence-corrected chi connectivity index (χ1v) is 8.86. The Morgan fingerprint density at radius 1 is 1.15 bits per heavy atom. The van der Waals surface area contributed by atoms with Crippen molar-refractivity contribution < 1.29 is 19.1 Å². The van der Waals surface area contributed by atoms with E-state index in [-0.39, 0.29) is 25.0 Å². The minimum atomic E-state index is -0.559. The van der Waals surface area contributed by atoms with Crippen molar-refractivity contribution in [1.29, 1.82) is 0 Å². The Morgan fingerprint density at radius 3 is 2.81 bits per heavy atom. The first-order valence-electron chi connectivity index (χ1n) is 7.98. The van der Waals surface area contributed by atoms with Gasteiger partial charge < -0.3 is 20.1 Å². The fourth-order valence-electron chi connectivity index (χ4n) is 2.56. The molecule has 1 saturated heterocycles. The summed E-state index contributed by atoms with van der Waals surface area (Å²) in [7, 11) is 0. The quantitative estimate of drug-likeness (QED) is 0.868. The van der Waals surface area contributed by atoms with E-state index in [1.165, 1.54) is 11.8 Å². The summed E-state index contributed by atoms with van der Waals surface area (Å²) in [5.41, 5.74) is 1.31. The zero-order valence-corrected chi connectivity index (χ0v) is 14.4. The number of amidine groups is 1. The van der Waals surface area contributed by atoms with Gasteiger partial charge in [0, 0.05) is 18.2 Å². The fraction of sp³-hybridized carbons (Fsp3) is 0.167. The summed E-state index contributed by atoms with van der Waals surface area (Å²) in [5.74, 6) is 0.739. The van der Waals surface area contributed by atoms with Gasteiger partial charge in [0.25, 0.3) is 0 Å². The maximum absolute atomic E-state index is 12.6. The first kappa shape index (κ1) is 16.5. The van der Waals surface area contributed by atoms with Crippen LogP contribution in [0.4, 0.5) is 11.4 Å². The lowest BCUT2D eigenvalue weighted by Gasteiger charge is -2.22. The molecule has 0 aromatic heterocycles. The van der Waals surface area contributed by atoms with Crippen LogP contribution in [0, 0.1) is 0 Å². The Labute approximate surface area is 153 Å². The third kappa shape index (κ3) is 3.65. The van der Waals surface area contributed by atoms with E-state index in [0.717, 1.165) is 0 Å². The van der Waals surface area contributed by atoms with E-state index in [4.69, 9.17) is 9.47 Å². The lowest BCUT2D eigenvalue weighted by molar-refractivity contribution is -0.123. The van der Waals surface area contributed by atoms with Crippen LogP contribution in [-0.4, -0.2) is 29.0 Å². The van der Waals surface area contributed by atoms with E-state index < -0.39 is 5.25 Å². The van der Waals surface area contributed by atoms with Crippen LogP contribution in [0.3, 0.4) is 0 Å². The standard InChI is InChI=1S/C18H15N3O4S/c22-16-9-15(26-18(21-16)20-11-4-2-1-3-5-11)17(23)19-12-6-7-13-14(8-12)25-10-24-13/h1-8,15H,9-10H2,(H,19,23)(H,20,21,22). The molecule has 2 aromatic rings. The van der Waals surface area contributed by atoms with Crippen molar-refractivity contribution >= 4 is 40.1 Å². The van der Waals surface area contributed by atoms with Gasteiger partial charge in [-0.2, -0.15) is 0 Å². The first-order chi connectivity index (χ1) is 12.7. The minimum Gasteiger partial charge on any atom is -0.454 e. The van der Waals surface area contributed by atoms with Gasteiger partial charge in [-0.1, -0.05) is 30.0 Å². The third-order valence-corrected chi connectivity index (χ3v) is 4.87. The average molecular weight is 369 g/mol. The molecule has 0 spiro atoms. The molecule has 2 heterocycles. The number of fused-ring (bicyclic) bond motifs is 1. The number of rotatable bonds is 3. The molecule has 2 aliphatic heterocycles. The second-order valence-electron chi connectivity index (χ2n) is 5.67. The summed E-state index contributed by atoms with van der Waals surface area (Å²) in [6, 6.07) is 14.4. The van der Waals surface area contributed by atoms with Crippen molar-refractivity contribution in [1.82, 2.24) is 5.32 Å². The molecule has 1 unspecified atom stereocenters. The number of hydrogen-bond donors (Lipinski definition) is 2. The van der Waals surface area contributed by atoms with E-state index >= 15 is 0 Å². The maximum atomic E-state index is 12.6. The van der Waals surface area contributed by atoms with Gasteiger partial charge >= 0.3 is 0 Å². The molecule has 2 N–H and O–H groups in total. The number of benzene rings is 2. The van der Waals surface area contributed by atoms with Crippen LogP contribution in [0.5, 0.6) is 11.5 Å². The molecule has 132 valence electrons. The van der Waals surface area contributed by atoms with Gasteiger partial charge in [0.2, 0.25) is 18.6 Å². The van der Waals surface area contributed by atoms with E-state index in [2.05, 4.69) is 15.6 Å². The number of nitrogens with zero attached hydrogens (tertiary/aromatic N) is 1. The van der Waals surface area contributed by atoms with Gasteiger partial charge in [-0.25, -0.2) is 4.99 Å². The van der Waals surface area contributed by atoms with Crippen LogP contribution in [-0.2, 0) is 9.59 Å². The predicted molar refractivity (Wildman–Crippen MR) is 98.9 cm³/mol. The molecule has 4 rings (SSSR count). The molecular formula is C18H15N3O4S. The Morgan fingerprint density at radius 2 is 1.96 bits per heavy atom. The molecule has 2 aliphatic rings. The number of carbonyl (C=O) groups is 2. The molecule has 7 nitrogen and oxygen atoms in total. The fourth-order valence-corrected chi connectivity index (χ4v) is 3.56. The number of amides is 2. The maximum Gasteiger partial charge on any atom is 0.238 e. The summed E-state index contributed by atoms with van der Waals surface area (Å²) in [4.78, 5) is 28.9. The summed E-state index contributed by atoms with van der Waals surface area (Å²) in [6.07, 6.45) is 0.0921. The highest BCUT2D eigenvalue weighted by Gasteiger charge is 2.30. The highest BCUT2D eigenvalue weighted by Crippen LogP contribution is 2.34. The number of anilines is 1. The molecule has 1 atom stereocenters. The Balaban J connectivity index is 1.47. The van der Waals surface area contributed by atoms with E-state index in [1.54, 1.807) is 18.2 Å². The monoisotopic (exact) mass is 369 g/mol. The molecule has 1 fully saturated rings.